The van der Waals surface area contributed by atoms with Crippen LogP contribution in [0.5, 0.6) is 0 Å². The zero-order valence-corrected chi connectivity index (χ0v) is 39.2. The van der Waals surface area contributed by atoms with E-state index in [1.807, 2.05) is 16.0 Å². The van der Waals surface area contributed by atoms with Gasteiger partial charge in [0.15, 0.2) is 6.04 Å². The average Bonchev–Trinajstić information content (AvgIpc) is 3.99. The first-order chi connectivity index (χ1) is 31.3. The van der Waals surface area contributed by atoms with Gasteiger partial charge in [0.1, 0.15) is 12.6 Å². The van der Waals surface area contributed by atoms with Crippen LogP contribution in [0.2, 0.25) is 0 Å². The molecule has 65 heavy (non-hydrogen) atoms. The first-order valence-corrected chi connectivity index (χ1v) is 23.1. The van der Waals surface area contributed by atoms with Gasteiger partial charge in [-0.3, -0.25) is 9.59 Å². The Bertz CT molecular complexity index is 1860. The molecule has 0 spiro atoms. The minimum Gasteiger partial charge on any atom is -1.00 e. The number of aliphatic hydroxyl groups excluding tert-OH is 1. The molecule has 2 aliphatic heterocycles. The molecule has 23 heteroatoms. The summed E-state index contributed by atoms with van der Waals surface area (Å²) in [5.41, 5.74) is 9.57. The lowest BCUT2D eigenvalue weighted by atomic mass is 10.1. The van der Waals surface area contributed by atoms with E-state index in [4.69, 9.17) is 35.6 Å². The fourth-order valence-corrected chi connectivity index (χ4v) is 7.58. The zero-order valence-electron chi connectivity index (χ0n) is 38.4. The molecule has 8 N–H and O–H groups in total. The minimum absolute atomic E-state index is 0. The van der Waals surface area contributed by atoms with Crippen LogP contribution in [-0.2, 0) is 36.6 Å². The monoisotopic (exact) mass is 932 g/mol. The lowest BCUT2D eigenvalue weighted by molar-refractivity contribution is -0.368. The highest BCUT2D eigenvalue weighted by Gasteiger charge is 2.35. The number of aromatic nitrogens is 9. The number of rotatable bonds is 29. The molecule has 5 heterocycles. The normalized spacial score (nSPS) is 15.6. The molecule has 3 unspecified atom stereocenters. The molecule has 0 radical (unpaired) electrons. The molecule has 0 aromatic carbocycles. The number of piperazine rings is 2. The Morgan fingerprint density at radius 1 is 0.754 bits per heavy atom. The Morgan fingerprint density at radius 3 is 1.88 bits per heavy atom. The fraction of sp³-hybridized carbons (Fsp3) is 0.738. The van der Waals surface area contributed by atoms with E-state index in [-0.39, 0.29) is 30.8 Å². The molecule has 22 nitrogen and oxygen atoms in total. The van der Waals surface area contributed by atoms with Crippen molar-refractivity contribution in [3.8, 4) is 12.3 Å². The summed E-state index contributed by atoms with van der Waals surface area (Å²) >= 11 is 0. The average molecular weight is 933 g/mol. The second-order valence-corrected chi connectivity index (χ2v) is 16.1. The van der Waals surface area contributed by atoms with E-state index in [2.05, 4.69) is 55.2 Å². The molecule has 2 aliphatic rings. The number of hydrogen-bond donors (Lipinski definition) is 4. The van der Waals surface area contributed by atoms with E-state index in [9.17, 15) is 14.7 Å². The number of carbonyl (C=O) groups is 2. The summed E-state index contributed by atoms with van der Waals surface area (Å²) in [6.07, 6.45) is 16.0. The molecule has 362 valence electrons. The van der Waals surface area contributed by atoms with E-state index < -0.39 is 18.2 Å². The number of aryl methyl sites for hydroxylation is 2. The number of anilines is 3. The molecule has 0 bridgehead atoms. The summed E-state index contributed by atoms with van der Waals surface area (Å²) in [5, 5.41) is 31.3. The van der Waals surface area contributed by atoms with Gasteiger partial charge in [-0.25, -0.2) is 9.36 Å². The van der Waals surface area contributed by atoms with Gasteiger partial charge in [-0.05, 0) is 58.3 Å². The van der Waals surface area contributed by atoms with E-state index >= 15 is 0 Å². The van der Waals surface area contributed by atoms with E-state index in [0.29, 0.717) is 116 Å². The van der Waals surface area contributed by atoms with Crippen LogP contribution in [0.25, 0.3) is 0 Å². The van der Waals surface area contributed by atoms with Crippen LogP contribution in [0, 0.1) is 12.3 Å². The Morgan fingerprint density at radius 2 is 1.29 bits per heavy atom. The number of nitrogens with zero attached hydrogens (tertiary/aromatic N) is 13. The Labute approximate surface area is 388 Å². The number of ether oxygens (including phenoxy) is 3. The van der Waals surface area contributed by atoms with Crippen LogP contribution in [0.4, 0.5) is 17.8 Å². The van der Waals surface area contributed by atoms with Crippen LogP contribution in [0.1, 0.15) is 82.3 Å². The molecule has 2 amide bonds. The highest BCUT2D eigenvalue weighted by Crippen LogP contribution is 2.24. The molecule has 3 atom stereocenters. The van der Waals surface area contributed by atoms with Gasteiger partial charge >= 0.3 is 0 Å². The summed E-state index contributed by atoms with van der Waals surface area (Å²) in [4.78, 5) is 50.3. The smallest absolute Gasteiger partial charge is 0.250 e. The van der Waals surface area contributed by atoms with E-state index in [1.165, 1.54) is 4.68 Å². The van der Waals surface area contributed by atoms with Gasteiger partial charge in [-0.15, -0.1) is 16.6 Å². The SMILES string of the molecule is C#CCOCCOCCOCCNc1nc(N2CCN(C(=O)C(CCCC[NH3+])n3cc(CCCC)nn3)CC2)nc(N2CCN(C(=O)C(C(C)O)n3cc(CCCC[NH3+])nn3)CC2)n1.[Cl-]. The Hall–Kier alpha value is -4.76. The zero-order chi connectivity index (χ0) is 45.5. The molecule has 2 saturated heterocycles. The van der Waals surface area contributed by atoms with E-state index in [1.54, 1.807) is 22.7 Å². The third kappa shape index (κ3) is 16.6. The Kier molecular flexibility index (Phi) is 23.6. The van der Waals surface area contributed by atoms with Crippen LogP contribution in [-0.4, -0.2) is 189 Å². The number of hydrogen-bond acceptors (Lipinski definition) is 16. The van der Waals surface area contributed by atoms with Gasteiger partial charge in [0.05, 0.1) is 63.6 Å². The minimum atomic E-state index is -0.971. The molecule has 3 aromatic rings. The van der Waals surface area contributed by atoms with Gasteiger partial charge in [0.2, 0.25) is 29.7 Å². The summed E-state index contributed by atoms with van der Waals surface area (Å²) in [5.74, 6) is 3.61. The molecule has 2 fully saturated rings. The van der Waals surface area contributed by atoms with Crippen molar-refractivity contribution in [2.45, 2.75) is 89.8 Å². The van der Waals surface area contributed by atoms with Crippen molar-refractivity contribution in [1.29, 1.82) is 0 Å². The third-order valence-electron chi connectivity index (χ3n) is 11.2. The first-order valence-electron chi connectivity index (χ1n) is 23.1. The molecule has 0 aliphatic carbocycles. The highest BCUT2D eigenvalue weighted by molar-refractivity contribution is 5.81. The predicted octanol–water partition coefficient (Wildman–Crippen LogP) is -4.37. The van der Waals surface area contributed by atoms with Gasteiger partial charge in [-0.2, -0.15) is 15.0 Å². The molecule has 0 saturated carbocycles. The number of terminal acetylenes is 1. The quantitative estimate of drug-likeness (QED) is 0.0379. The van der Waals surface area contributed by atoms with Gasteiger partial charge in [-0.1, -0.05) is 29.7 Å². The predicted molar refractivity (Wildman–Crippen MR) is 238 cm³/mol. The number of amides is 2. The molecule has 5 rings (SSSR count). The highest BCUT2D eigenvalue weighted by atomic mass is 35.5. The van der Waals surface area contributed by atoms with Gasteiger partial charge < -0.3 is 68.1 Å². The summed E-state index contributed by atoms with van der Waals surface area (Å²) in [7, 11) is 0. The molecular weight excluding hydrogens is 860 g/mol. The maximum atomic E-state index is 14.1. The van der Waals surface area contributed by atoms with Crippen LogP contribution in [0.3, 0.4) is 0 Å². The fourth-order valence-electron chi connectivity index (χ4n) is 7.58. The maximum Gasteiger partial charge on any atom is 0.250 e. The van der Waals surface area contributed by atoms with Crippen molar-refractivity contribution in [1.82, 2.24) is 54.7 Å². The lowest BCUT2D eigenvalue weighted by Gasteiger charge is -2.38. The standard InChI is InChI=1S/C42H70N16O6.ClH/c1-4-6-11-34-31-57(51-49-34)36(13-8-10-15-44)38(60)53-17-21-55(22-18-53)41-46-40(45-16-26-63-28-30-64-29-27-62-25-5-2)47-42(48-41)56-23-19-54(20-24-56)39(61)37(33(3)59)58-32-35(50-52-58)12-7-9-14-43;/h2,31-33,36-37,59H,4,6-30,43-44H2,1,3H3,(H,45,46,47,48);1H/p+1. The number of quaternary nitrogens is 2. The topological polar surface area (TPSA) is 262 Å². The third-order valence-corrected chi connectivity index (χ3v) is 11.2. The Balaban J connectivity index is 0.00000925. The lowest BCUT2D eigenvalue weighted by Crippen LogP contribution is -3.00. The summed E-state index contributed by atoms with van der Waals surface area (Å²) in [6.45, 7) is 12.0. The molecule has 3 aromatic heterocycles. The molecular formula is C42H72ClN16O6+. The summed E-state index contributed by atoms with van der Waals surface area (Å²) in [6, 6.07) is -1.32. The number of nitrogens with one attached hydrogen (secondary N) is 1. The number of unbranched alkanes of at least 4 members (excludes halogenated alkanes) is 3. The van der Waals surface area contributed by atoms with Crippen molar-refractivity contribution >= 4 is 29.7 Å². The van der Waals surface area contributed by atoms with Crippen molar-refractivity contribution < 1.29 is 52.8 Å². The van der Waals surface area contributed by atoms with Crippen molar-refractivity contribution in [3.63, 3.8) is 0 Å². The first kappa shape index (κ1) is 52.9. The number of halogens is 1. The van der Waals surface area contributed by atoms with Crippen molar-refractivity contribution in [2.24, 2.45) is 0 Å². The maximum absolute atomic E-state index is 14.1. The second-order valence-electron chi connectivity index (χ2n) is 16.1. The van der Waals surface area contributed by atoms with Crippen molar-refractivity contribution in [2.75, 3.05) is 127 Å². The second kappa shape index (κ2) is 29.0. The number of aliphatic hydroxyl groups is 1. The summed E-state index contributed by atoms with van der Waals surface area (Å²) < 4.78 is 19.8. The van der Waals surface area contributed by atoms with E-state index in [0.717, 1.165) is 75.8 Å². The van der Waals surface area contributed by atoms with Gasteiger partial charge in [0.25, 0.3) is 0 Å². The van der Waals surface area contributed by atoms with Crippen LogP contribution < -0.4 is 39.0 Å². The number of carbonyl (C=O) groups excluding carboxylic acids is 2. The largest absolute Gasteiger partial charge is 1.00 e. The van der Waals surface area contributed by atoms with Crippen molar-refractivity contribution in [3.05, 3.63) is 23.8 Å². The van der Waals surface area contributed by atoms with Crippen LogP contribution in [0.15, 0.2) is 12.4 Å². The van der Waals surface area contributed by atoms with Crippen LogP contribution >= 0.6 is 0 Å². The van der Waals surface area contributed by atoms with Gasteiger partial charge in [0, 0.05) is 71.3 Å².